The molecule has 0 amide bonds. The lowest BCUT2D eigenvalue weighted by Crippen LogP contribution is -2.03. The van der Waals surface area contributed by atoms with Gasteiger partial charge in [0.1, 0.15) is 5.82 Å². The van der Waals surface area contributed by atoms with Gasteiger partial charge in [-0.1, -0.05) is 158 Å². The molecule has 0 saturated heterocycles. The predicted molar refractivity (Wildman–Crippen MR) is 234 cm³/mol. The molecule has 260 valence electrons. The Morgan fingerprint density at radius 1 is 0.286 bits per heavy atom. The predicted octanol–water partition coefficient (Wildman–Crippen LogP) is 13.9. The molecule has 12 rings (SSSR count). The molecule has 3 heterocycles. The first-order valence-corrected chi connectivity index (χ1v) is 19.2. The van der Waals surface area contributed by atoms with E-state index in [0.29, 0.717) is 0 Å². The average Bonchev–Trinajstić information content (AvgIpc) is 3.79. The third-order valence-corrected chi connectivity index (χ3v) is 11.7. The molecule has 0 fully saturated rings. The van der Waals surface area contributed by atoms with Crippen molar-refractivity contribution in [2.45, 2.75) is 0 Å². The van der Waals surface area contributed by atoms with Gasteiger partial charge in [-0.05, 0) is 80.9 Å². The molecule has 3 aromatic heterocycles. The lowest BCUT2D eigenvalue weighted by atomic mass is 9.80. The van der Waals surface area contributed by atoms with Crippen LogP contribution >= 0.6 is 0 Å². The summed E-state index contributed by atoms with van der Waals surface area (Å²) in [5, 5.41) is 4.89. The SMILES string of the molecule is c1ccc2c(c1)-c1ccccc1-c1ccc(-c3cc(-n4c5ccccc5c5ccccc54)cc(-n4c5ccccc5c5ccccc54)n3)cc1-c1ccccc1-2. The zero-order valence-corrected chi connectivity index (χ0v) is 30.4. The third-order valence-electron chi connectivity index (χ3n) is 11.7. The highest BCUT2D eigenvalue weighted by atomic mass is 15.1. The molecular formula is C53H33N3. The van der Waals surface area contributed by atoms with E-state index in [-0.39, 0.29) is 0 Å². The summed E-state index contributed by atoms with van der Waals surface area (Å²) < 4.78 is 4.74. The van der Waals surface area contributed by atoms with E-state index in [9.17, 15) is 0 Å². The van der Waals surface area contributed by atoms with Crippen molar-refractivity contribution in [3.63, 3.8) is 0 Å². The second kappa shape index (κ2) is 12.0. The van der Waals surface area contributed by atoms with Crippen LogP contribution in [-0.4, -0.2) is 14.1 Å². The van der Waals surface area contributed by atoms with Crippen LogP contribution in [-0.2, 0) is 0 Å². The van der Waals surface area contributed by atoms with Crippen LogP contribution < -0.4 is 0 Å². The smallest absolute Gasteiger partial charge is 0.140 e. The van der Waals surface area contributed by atoms with Crippen molar-refractivity contribution in [1.82, 2.24) is 14.1 Å². The van der Waals surface area contributed by atoms with Crippen molar-refractivity contribution in [3.05, 3.63) is 200 Å². The summed E-state index contributed by atoms with van der Waals surface area (Å²) in [4.78, 5) is 5.59. The first-order valence-electron chi connectivity index (χ1n) is 19.2. The Hall–Kier alpha value is -7.49. The summed E-state index contributed by atoms with van der Waals surface area (Å²) in [5.41, 5.74) is 17.5. The number of pyridine rings is 1. The first kappa shape index (κ1) is 30.9. The standard InChI is InChI=1S/C53H33N3/c1-2-16-37-36(15-1)38-17-3-4-19-40(38)42-30-29-34(31-47(42)41-20-6-5-18-39(37)41)48-32-35(55-49-25-11-7-21-43(49)44-22-8-12-26-50(44)55)33-53(54-48)56-51-27-13-9-23-45(51)46-24-10-14-28-52(46)56/h1-33H. The largest absolute Gasteiger partial charge is 0.309 e. The Morgan fingerprint density at radius 2 is 0.643 bits per heavy atom. The van der Waals surface area contributed by atoms with Crippen LogP contribution in [0.4, 0.5) is 0 Å². The molecule has 0 atom stereocenters. The van der Waals surface area contributed by atoms with E-state index in [1.165, 1.54) is 77.1 Å². The van der Waals surface area contributed by atoms with Crippen molar-refractivity contribution in [2.75, 3.05) is 0 Å². The van der Waals surface area contributed by atoms with Crippen LogP contribution in [0.25, 0.3) is 111 Å². The molecular weight excluding hydrogens is 679 g/mol. The maximum atomic E-state index is 5.59. The van der Waals surface area contributed by atoms with E-state index in [1.807, 2.05) is 0 Å². The van der Waals surface area contributed by atoms with Crippen LogP contribution in [0.3, 0.4) is 0 Å². The molecule has 56 heavy (non-hydrogen) atoms. The van der Waals surface area contributed by atoms with Crippen molar-refractivity contribution in [1.29, 1.82) is 0 Å². The normalized spacial score (nSPS) is 11.9. The second-order valence-electron chi connectivity index (χ2n) is 14.7. The highest BCUT2D eigenvalue weighted by Gasteiger charge is 2.23. The minimum atomic E-state index is 0.878. The highest BCUT2D eigenvalue weighted by molar-refractivity contribution is 6.11. The van der Waals surface area contributed by atoms with Gasteiger partial charge in [0, 0.05) is 33.2 Å². The second-order valence-corrected chi connectivity index (χ2v) is 14.7. The average molecular weight is 712 g/mol. The number of benzene rings is 8. The van der Waals surface area contributed by atoms with Gasteiger partial charge in [-0.25, -0.2) is 4.98 Å². The molecule has 3 heteroatoms. The number of para-hydroxylation sites is 4. The fraction of sp³-hybridized carbons (Fsp3) is 0. The van der Waals surface area contributed by atoms with E-state index in [2.05, 4.69) is 209 Å². The Labute approximate surface area is 324 Å². The lowest BCUT2D eigenvalue weighted by molar-refractivity contribution is 1.06. The van der Waals surface area contributed by atoms with Crippen LogP contribution in [0.5, 0.6) is 0 Å². The zero-order valence-electron chi connectivity index (χ0n) is 30.4. The molecule has 0 N–H and O–H groups in total. The minimum Gasteiger partial charge on any atom is -0.309 e. The van der Waals surface area contributed by atoms with E-state index in [4.69, 9.17) is 4.98 Å². The van der Waals surface area contributed by atoms with Crippen molar-refractivity contribution < 1.29 is 0 Å². The van der Waals surface area contributed by atoms with Crippen LogP contribution in [0.1, 0.15) is 0 Å². The van der Waals surface area contributed by atoms with E-state index >= 15 is 0 Å². The molecule has 3 nitrogen and oxygen atoms in total. The zero-order chi connectivity index (χ0) is 36.7. The molecule has 8 aromatic carbocycles. The number of rotatable bonds is 3. The fourth-order valence-electron chi connectivity index (χ4n) is 9.28. The quantitative estimate of drug-likeness (QED) is 0.179. The van der Waals surface area contributed by atoms with Gasteiger partial charge in [0.25, 0.3) is 0 Å². The van der Waals surface area contributed by atoms with Crippen molar-refractivity contribution in [3.8, 4) is 67.3 Å². The molecule has 0 bridgehead atoms. The molecule has 1 aliphatic rings. The van der Waals surface area contributed by atoms with E-state index < -0.39 is 0 Å². The minimum absolute atomic E-state index is 0.878. The maximum Gasteiger partial charge on any atom is 0.140 e. The Morgan fingerprint density at radius 3 is 1.09 bits per heavy atom. The van der Waals surface area contributed by atoms with Gasteiger partial charge in [-0.15, -0.1) is 0 Å². The monoisotopic (exact) mass is 711 g/mol. The summed E-state index contributed by atoms with van der Waals surface area (Å²) in [7, 11) is 0. The van der Waals surface area contributed by atoms with Gasteiger partial charge in [-0.3, -0.25) is 4.57 Å². The summed E-state index contributed by atoms with van der Waals surface area (Å²) in [6.07, 6.45) is 0. The Kier molecular flexibility index (Phi) is 6.63. The highest BCUT2D eigenvalue weighted by Crippen LogP contribution is 2.48. The number of hydrogen-bond acceptors (Lipinski definition) is 1. The van der Waals surface area contributed by atoms with Crippen molar-refractivity contribution >= 4 is 43.6 Å². The van der Waals surface area contributed by atoms with Crippen LogP contribution in [0.15, 0.2) is 200 Å². The Bertz CT molecular complexity index is 3130. The molecule has 0 aliphatic heterocycles. The summed E-state index contributed by atoms with van der Waals surface area (Å²) >= 11 is 0. The van der Waals surface area contributed by atoms with E-state index in [1.54, 1.807) is 0 Å². The molecule has 0 radical (unpaired) electrons. The number of aromatic nitrogens is 3. The molecule has 0 unspecified atom stereocenters. The third kappa shape index (κ3) is 4.49. The van der Waals surface area contributed by atoms with Gasteiger partial charge in [0.2, 0.25) is 0 Å². The van der Waals surface area contributed by atoms with Gasteiger partial charge < -0.3 is 4.57 Å². The number of fused-ring (bicyclic) bond motifs is 14. The van der Waals surface area contributed by atoms with Gasteiger partial charge >= 0.3 is 0 Å². The number of nitrogens with zero attached hydrogens (tertiary/aromatic N) is 3. The maximum absolute atomic E-state index is 5.59. The summed E-state index contributed by atoms with van der Waals surface area (Å²) in [6, 6.07) is 72.8. The lowest BCUT2D eigenvalue weighted by Gasteiger charge is -2.23. The molecule has 1 aliphatic carbocycles. The van der Waals surface area contributed by atoms with Gasteiger partial charge in [0.05, 0.1) is 33.4 Å². The summed E-state index contributed by atoms with van der Waals surface area (Å²) in [5.74, 6) is 0.878. The molecule has 0 saturated carbocycles. The Balaban J connectivity index is 1.17. The van der Waals surface area contributed by atoms with Gasteiger partial charge in [0.15, 0.2) is 0 Å². The number of hydrogen-bond donors (Lipinski definition) is 0. The first-order chi connectivity index (χ1) is 27.8. The summed E-state index contributed by atoms with van der Waals surface area (Å²) in [6.45, 7) is 0. The van der Waals surface area contributed by atoms with Crippen LogP contribution in [0.2, 0.25) is 0 Å². The molecule has 11 aromatic rings. The van der Waals surface area contributed by atoms with Gasteiger partial charge in [-0.2, -0.15) is 0 Å². The fourth-order valence-corrected chi connectivity index (χ4v) is 9.28. The van der Waals surface area contributed by atoms with E-state index in [0.717, 1.165) is 33.8 Å². The van der Waals surface area contributed by atoms with Crippen LogP contribution in [0, 0.1) is 0 Å². The topological polar surface area (TPSA) is 22.8 Å². The van der Waals surface area contributed by atoms with Crippen molar-refractivity contribution in [2.24, 2.45) is 0 Å². The molecule has 0 spiro atoms.